The van der Waals surface area contributed by atoms with E-state index in [4.69, 9.17) is 10.5 Å². The molecule has 0 radical (unpaired) electrons. The van der Waals surface area contributed by atoms with Crippen LogP contribution in [0.2, 0.25) is 0 Å². The molecule has 2 aliphatic rings. The Morgan fingerprint density at radius 1 is 1.16 bits per heavy atom. The van der Waals surface area contributed by atoms with Gasteiger partial charge in [0.2, 0.25) is 0 Å². The summed E-state index contributed by atoms with van der Waals surface area (Å²) in [5.41, 5.74) is 6.96. The van der Waals surface area contributed by atoms with Gasteiger partial charge in [0.25, 0.3) is 0 Å². The molecule has 1 heterocycles. The monoisotopic (exact) mass is 268 g/mol. The predicted octanol–water partition coefficient (Wildman–Crippen LogP) is 2.79. The molecule has 2 rings (SSSR count). The van der Waals surface area contributed by atoms with E-state index >= 15 is 0 Å². The standard InChI is InChI=1S/C16H32N2O/c1-14-12-18(10-5-11-19-14)16(13-17)7-4-6-15(2,3)8-9-16/h14H,4-13,17H2,1-3H3. The van der Waals surface area contributed by atoms with E-state index in [0.717, 1.165) is 32.7 Å². The second kappa shape index (κ2) is 6.11. The number of nitrogens with zero attached hydrogens (tertiary/aromatic N) is 1. The zero-order valence-corrected chi connectivity index (χ0v) is 13.1. The van der Waals surface area contributed by atoms with Gasteiger partial charge in [-0.25, -0.2) is 0 Å². The van der Waals surface area contributed by atoms with Crippen LogP contribution >= 0.6 is 0 Å². The Hall–Kier alpha value is -0.120. The molecule has 1 saturated carbocycles. The molecular weight excluding hydrogens is 236 g/mol. The molecule has 0 amide bonds. The minimum atomic E-state index is 0.232. The first kappa shape index (κ1) is 15.3. The van der Waals surface area contributed by atoms with E-state index in [0.29, 0.717) is 11.5 Å². The van der Waals surface area contributed by atoms with Gasteiger partial charge < -0.3 is 10.5 Å². The van der Waals surface area contributed by atoms with Crippen LogP contribution in [0, 0.1) is 5.41 Å². The van der Waals surface area contributed by atoms with Gasteiger partial charge in [-0.15, -0.1) is 0 Å². The summed E-state index contributed by atoms with van der Waals surface area (Å²) in [5.74, 6) is 0. The molecule has 1 aliphatic carbocycles. The first-order valence-corrected chi connectivity index (χ1v) is 8.04. The van der Waals surface area contributed by atoms with E-state index < -0.39 is 0 Å². The number of nitrogens with two attached hydrogens (primary N) is 1. The van der Waals surface area contributed by atoms with Crippen LogP contribution in [-0.4, -0.2) is 42.8 Å². The fourth-order valence-corrected chi connectivity index (χ4v) is 3.79. The third kappa shape index (κ3) is 3.71. The lowest BCUT2D eigenvalue weighted by atomic mass is 9.82. The number of rotatable bonds is 2. The molecule has 19 heavy (non-hydrogen) atoms. The minimum Gasteiger partial charge on any atom is -0.377 e. The average Bonchev–Trinajstić information content (AvgIpc) is 2.66. The van der Waals surface area contributed by atoms with Gasteiger partial charge in [-0.2, -0.15) is 0 Å². The quantitative estimate of drug-likeness (QED) is 0.783. The summed E-state index contributed by atoms with van der Waals surface area (Å²) in [6, 6.07) is 0. The molecule has 2 atom stereocenters. The first-order valence-electron chi connectivity index (χ1n) is 8.04. The van der Waals surface area contributed by atoms with Crippen LogP contribution < -0.4 is 5.73 Å². The van der Waals surface area contributed by atoms with Gasteiger partial charge in [0.1, 0.15) is 0 Å². The van der Waals surface area contributed by atoms with Crippen LogP contribution in [-0.2, 0) is 4.74 Å². The van der Waals surface area contributed by atoms with Crippen LogP contribution in [0.25, 0.3) is 0 Å². The lowest BCUT2D eigenvalue weighted by Crippen LogP contribution is -2.55. The van der Waals surface area contributed by atoms with Gasteiger partial charge >= 0.3 is 0 Å². The highest BCUT2D eigenvalue weighted by Gasteiger charge is 2.40. The lowest BCUT2D eigenvalue weighted by Gasteiger charge is -2.43. The number of ether oxygens (including phenoxy) is 1. The van der Waals surface area contributed by atoms with Crippen LogP contribution in [0.4, 0.5) is 0 Å². The van der Waals surface area contributed by atoms with Gasteiger partial charge in [0.05, 0.1) is 6.10 Å². The largest absolute Gasteiger partial charge is 0.377 e. The molecule has 0 aromatic heterocycles. The molecule has 0 aromatic rings. The third-order valence-electron chi connectivity index (χ3n) is 5.27. The van der Waals surface area contributed by atoms with E-state index in [-0.39, 0.29) is 5.54 Å². The summed E-state index contributed by atoms with van der Waals surface area (Å²) in [6.45, 7) is 10.9. The molecular formula is C16H32N2O. The maximum Gasteiger partial charge on any atom is 0.0674 e. The van der Waals surface area contributed by atoms with E-state index in [1.54, 1.807) is 0 Å². The molecule has 1 saturated heterocycles. The fourth-order valence-electron chi connectivity index (χ4n) is 3.79. The Morgan fingerprint density at radius 3 is 2.68 bits per heavy atom. The molecule has 3 heteroatoms. The minimum absolute atomic E-state index is 0.232. The maximum atomic E-state index is 6.24. The highest BCUT2D eigenvalue weighted by atomic mass is 16.5. The molecule has 0 bridgehead atoms. The zero-order chi connectivity index (χ0) is 13.9. The van der Waals surface area contributed by atoms with E-state index in [2.05, 4.69) is 25.7 Å². The van der Waals surface area contributed by atoms with Crippen molar-refractivity contribution in [1.82, 2.24) is 4.90 Å². The van der Waals surface area contributed by atoms with Crippen LogP contribution in [0.3, 0.4) is 0 Å². The molecule has 2 N–H and O–H groups in total. The van der Waals surface area contributed by atoms with E-state index in [9.17, 15) is 0 Å². The normalized spacial score (nSPS) is 37.6. The highest BCUT2D eigenvalue weighted by Crippen LogP contribution is 2.40. The third-order valence-corrected chi connectivity index (χ3v) is 5.27. The molecule has 0 spiro atoms. The maximum absolute atomic E-state index is 6.24. The Kier molecular flexibility index (Phi) is 4.91. The van der Waals surface area contributed by atoms with Gasteiger partial charge in [0, 0.05) is 31.8 Å². The summed E-state index contributed by atoms with van der Waals surface area (Å²) in [5, 5.41) is 0. The Bertz CT molecular complexity index is 292. The van der Waals surface area contributed by atoms with E-state index in [1.807, 2.05) is 0 Å². The molecule has 2 unspecified atom stereocenters. The Morgan fingerprint density at radius 2 is 1.95 bits per heavy atom. The molecule has 3 nitrogen and oxygen atoms in total. The van der Waals surface area contributed by atoms with Crippen LogP contribution in [0.15, 0.2) is 0 Å². The van der Waals surface area contributed by atoms with Crippen LogP contribution in [0.1, 0.15) is 59.3 Å². The SMILES string of the molecule is CC1CN(C2(CN)CCCC(C)(C)CC2)CCCO1. The van der Waals surface area contributed by atoms with Crippen molar-refractivity contribution in [2.45, 2.75) is 70.9 Å². The molecule has 112 valence electrons. The van der Waals surface area contributed by atoms with Crippen molar-refractivity contribution >= 4 is 0 Å². The van der Waals surface area contributed by atoms with Crippen molar-refractivity contribution in [1.29, 1.82) is 0 Å². The van der Waals surface area contributed by atoms with Gasteiger partial charge in [-0.3, -0.25) is 4.90 Å². The van der Waals surface area contributed by atoms with Gasteiger partial charge in [0.15, 0.2) is 0 Å². The van der Waals surface area contributed by atoms with E-state index in [1.165, 1.54) is 32.1 Å². The first-order chi connectivity index (χ1) is 8.97. The average molecular weight is 268 g/mol. The zero-order valence-electron chi connectivity index (χ0n) is 13.1. The predicted molar refractivity (Wildman–Crippen MR) is 80.3 cm³/mol. The summed E-state index contributed by atoms with van der Waals surface area (Å²) < 4.78 is 5.80. The van der Waals surface area contributed by atoms with Crippen molar-refractivity contribution in [2.24, 2.45) is 11.1 Å². The van der Waals surface area contributed by atoms with Crippen molar-refractivity contribution < 1.29 is 4.74 Å². The Balaban J connectivity index is 2.11. The smallest absolute Gasteiger partial charge is 0.0674 e. The van der Waals surface area contributed by atoms with Crippen molar-refractivity contribution in [3.8, 4) is 0 Å². The summed E-state index contributed by atoms with van der Waals surface area (Å²) in [4.78, 5) is 2.66. The lowest BCUT2D eigenvalue weighted by molar-refractivity contribution is 0.0301. The topological polar surface area (TPSA) is 38.5 Å². The van der Waals surface area contributed by atoms with Crippen LogP contribution in [0.5, 0.6) is 0 Å². The summed E-state index contributed by atoms with van der Waals surface area (Å²) >= 11 is 0. The second-order valence-corrected chi connectivity index (χ2v) is 7.43. The van der Waals surface area contributed by atoms with Crippen molar-refractivity contribution in [3.63, 3.8) is 0 Å². The fraction of sp³-hybridized carbons (Fsp3) is 1.00. The molecule has 2 fully saturated rings. The number of hydrogen-bond acceptors (Lipinski definition) is 3. The molecule has 0 aromatic carbocycles. The van der Waals surface area contributed by atoms with Crippen molar-refractivity contribution in [2.75, 3.05) is 26.2 Å². The van der Waals surface area contributed by atoms with Crippen molar-refractivity contribution in [3.05, 3.63) is 0 Å². The second-order valence-electron chi connectivity index (χ2n) is 7.43. The Labute approximate surface area is 118 Å². The number of hydrogen-bond donors (Lipinski definition) is 1. The summed E-state index contributed by atoms with van der Waals surface area (Å²) in [7, 11) is 0. The highest BCUT2D eigenvalue weighted by molar-refractivity contribution is 4.96. The summed E-state index contributed by atoms with van der Waals surface area (Å²) in [6.07, 6.45) is 7.97. The van der Waals surface area contributed by atoms with Gasteiger partial charge in [-0.1, -0.05) is 20.3 Å². The molecule has 1 aliphatic heterocycles. The van der Waals surface area contributed by atoms with Gasteiger partial charge in [-0.05, 0) is 44.4 Å².